The van der Waals surface area contributed by atoms with E-state index >= 15 is 0 Å². The third kappa shape index (κ3) is 5.43. The van der Waals surface area contributed by atoms with E-state index in [4.69, 9.17) is 4.99 Å². The molecule has 2 aromatic carbocycles. The highest BCUT2D eigenvalue weighted by Crippen LogP contribution is 2.26. The van der Waals surface area contributed by atoms with Gasteiger partial charge in [0.05, 0.1) is 18.8 Å². The van der Waals surface area contributed by atoms with Crippen LogP contribution in [0, 0.1) is 13.8 Å². The summed E-state index contributed by atoms with van der Waals surface area (Å²) in [5.41, 5.74) is 7.42. The highest BCUT2D eigenvalue weighted by molar-refractivity contribution is 6.06. The van der Waals surface area contributed by atoms with E-state index in [9.17, 15) is 0 Å². The standard InChI is InChI=1S/C30H43N4/c1-11-33-21(3)22(4)34(12-2)28(33)27(31-25-17-13-23(14-18-25)29(5,6)7)32-26-19-15-24(16-20-26)30(8,9)10/h13-20H,11-12H2,1-10H3,(H,31,32)/q+1. The molecule has 4 heteroatoms. The third-order valence-electron chi connectivity index (χ3n) is 6.68. The van der Waals surface area contributed by atoms with Gasteiger partial charge in [0.1, 0.15) is 11.4 Å². The fourth-order valence-corrected chi connectivity index (χ4v) is 4.37. The predicted octanol–water partition coefficient (Wildman–Crippen LogP) is 7.22. The summed E-state index contributed by atoms with van der Waals surface area (Å²) < 4.78 is 4.72. The van der Waals surface area contributed by atoms with Gasteiger partial charge in [-0.3, -0.25) is 0 Å². The number of aliphatic imine (C=N–C) groups is 1. The second-order valence-electron chi connectivity index (χ2n) is 11.2. The van der Waals surface area contributed by atoms with Gasteiger partial charge in [-0.25, -0.2) is 14.1 Å². The molecule has 4 nitrogen and oxygen atoms in total. The zero-order valence-electron chi connectivity index (χ0n) is 22.9. The Balaban J connectivity index is 2.13. The minimum absolute atomic E-state index is 0.120. The fourth-order valence-electron chi connectivity index (χ4n) is 4.37. The Bertz CT molecular complexity index is 1120. The van der Waals surface area contributed by atoms with Crippen LogP contribution >= 0.6 is 0 Å². The molecule has 34 heavy (non-hydrogen) atoms. The molecule has 0 bridgehead atoms. The van der Waals surface area contributed by atoms with Crippen LogP contribution in [0.15, 0.2) is 53.5 Å². The molecule has 1 N–H and O–H groups in total. The van der Waals surface area contributed by atoms with E-state index in [-0.39, 0.29) is 10.8 Å². The summed E-state index contributed by atoms with van der Waals surface area (Å²) in [6.07, 6.45) is 0. The summed E-state index contributed by atoms with van der Waals surface area (Å²) in [6.45, 7) is 24.0. The average molecular weight is 460 g/mol. The van der Waals surface area contributed by atoms with Crippen LogP contribution < -0.4 is 9.88 Å². The Morgan fingerprint density at radius 3 is 1.76 bits per heavy atom. The van der Waals surface area contributed by atoms with Gasteiger partial charge in [-0.2, -0.15) is 0 Å². The summed E-state index contributed by atoms with van der Waals surface area (Å²) >= 11 is 0. The summed E-state index contributed by atoms with van der Waals surface area (Å²) in [5.74, 6) is 1.98. The molecule has 0 unspecified atom stereocenters. The van der Waals surface area contributed by atoms with E-state index in [2.05, 4.69) is 132 Å². The van der Waals surface area contributed by atoms with Gasteiger partial charge in [-0.1, -0.05) is 65.8 Å². The number of anilines is 1. The van der Waals surface area contributed by atoms with Crippen LogP contribution in [0.2, 0.25) is 0 Å². The van der Waals surface area contributed by atoms with Crippen LogP contribution in [0.3, 0.4) is 0 Å². The predicted molar refractivity (Wildman–Crippen MR) is 146 cm³/mol. The number of hydrogen-bond donors (Lipinski definition) is 1. The number of imidazole rings is 1. The van der Waals surface area contributed by atoms with Gasteiger partial charge in [0.15, 0.2) is 0 Å². The van der Waals surface area contributed by atoms with Crippen molar-refractivity contribution >= 4 is 17.2 Å². The molecular formula is C30H43N4+. The molecule has 182 valence electrons. The van der Waals surface area contributed by atoms with E-state index in [1.807, 2.05) is 0 Å². The Morgan fingerprint density at radius 1 is 0.824 bits per heavy atom. The van der Waals surface area contributed by atoms with Crippen molar-refractivity contribution in [2.45, 2.75) is 93.2 Å². The molecule has 1 aromatic heterocycles. The van der Waals surface area contributed by atoms with E-state index in [1.165, 1.54) is 22.5 Å². The van der Waals surface area contributed by atoms with Gasteiger partial charge in [-0.15, -0.1) is 0 Å². The molecule has 0 saturated heterocycles. The molecule has 0 spiro atoms. The zero-order valence-corrected chi connectivity index (χ0v) is 22.9. The van der Waals surface area contributed by atoms with E-state index < -0.39 is 0 Å². The van der Waals surface area contributed by atoms with Crippen molar-refractivity contribution in [1.29, 1.82) is 0 Å². The summed E-state index contributed by atoms with van der Waals surface area (Å²) in [4.78, 5) is 5.15. The molecule has 0 aliphatic rings. The molecule has 0 fully saturated rings. The van der Waals surface area contributed by atoms with Crippen molar-refractivity contribution in [1.82, 2.24) is 4.57 Å². The molecule has 0 atom stereocenters. The molecule has 0 aliphatic heterocycles. The maximum atomic E-state index is 5.15. The molecule has 1 heterocycles. The lowest BCUT2D eigenvalue weighted by molar-refractivity contribution is -0.700. The SMILES string of the molecule is CCn1c(C)c(C)[n+](CC)c1C(=Nc1ccc(C(C)(C)C)cc1)Nc1ccc(C(C)(C)C)cc1. The second kappa shape index (κ2) is 9.77. The first-order chi connectivity index (χ1) is 15.9. The van der Waals surface area contributed by atoms with Crippen LogP contribution in [-0.4, -0.2) is 10.4 Å². The first kappa shape index (κ1) is 25.7. The van der Waals surface area contributed by atoms with Crippen molar-refractivity contribution in [3.05, 3.63) is 76.9 Å². The topological polar surface area (TPSA) is 33.2 Å². The van der Waals surface area contributed by atoms with Crippen molar-refractivity contribution in [2.75, 3.05) is 5.32 Å². The van der Waals surface area contributed by atoms with E-state index in [0.717, 1.165) is 36.1 Å². The number of nitrogens with zero attached hydrogens (tertiary/aromatic N) is 3. The number of hydrogen-bond acceptors (Lipinski definition) is 1. The fraction of sp³-hybridized carbons (Fsp3) is 0.467. The first-order valence-corrected chi connectivity index (χ1v) is 12.5. The number of amidine groups is 1. The van der Waals surface area contributed by atoms with Gasteiger partial charge in [-0.05, 0) is 60.1 Å². The molecule has 0 radical (unpaired) electrons. The summed E-state index contributed by atoms with van der Waals surface area (Å²) in [7, 11) is 0. The van der Waals surface area contributed by atoms with Crippen molar-refractivity contribution in [3.63, 3.8) is 0 Å². The van der Waals surface area contributed by atoms with Crippen LogP contribution in [-0.2, 0) is 23.9 Å². The van der Waals surface area contributed by atoms with Crippen LogP contribution in [0.5, 0.6) is 0 Å². The van der Waals surface area contributed by atoms with E-state index in [1.54, 1.807) is 0 Å². The van der Waals surface area contributed by atoms with Crippen molar-refractivity contribution < 1.29 is 4.57 Å². The number of rotatable bonds is 5. The lowest BCUT2D eigenvalue weighted by Crippen LogP contribution is -2.43. The Hall–Kier alpha value is -2.88. The highest BCUT2D eigenvalue weighted by atomic mass is 15.2. The van der Waals surface area contributed by atoms with Gasteiger partial charge in [0.25, 0.3) is 0 Å². The van der Waals surface area contributed by atoms with Crippen LogP contribution in [0.1, 0.15) is 83.7 Å². The smallest absolute Gasteiger partial charge is 0.325 e. The Labute approximate surface area is 206 Å². The lowest BCUT2D eigenvalue weighted by Gasteiger charge is -2.19. The maximum absolute atomic E-state index is 5.15. The van der Waals surface area contributed by atoms with E-state index in [0.29, 0.717) is 0 Å². The number of nitrogens with one attached hydrogen (secondary N) is 1. The van der Waals surface area contributed by atoms with Gasteiger partial charge in [0.2, 0.25) is 5.84 Å². The minimum atomic E-state index is 0.120. The molecule has 0 aliphatic carbocycles. The monoisotopic (exact) mass is 459 g/mol. The van der Waals surface area contributed by atoms with Crippen molar-refractivity contribution in [2.24, 2.45) is 4.99 Å². The zero-order chi connectivity index (χ0) is 25.3. The first-order valence-electron chi connectivity index (χ1n) is 12.5. The average Bonchev–Trinajstić information content (AvgIpc) is 3.02. The Morgan fingerprint density at radius 2 is 1.32 bits per heavy atom. The van der Waals surface area contributed by atoms with Gasteiger partial charge < -0.3 is 5.32 Å². The maximum Gasteiger partial charge on any atom is 0.325 e. The number of aromatic nitrogens is 2. The third-order valence-corrected chi connectivity index (χ3v) is 6.68. The largest absolute Gasteiger partial charge is 0.333 e. The van der Waals surface area contributed by atoms with Crippen molar-refractivity contribution in [3.8, 4) is 0 Å². The van der Waals surface area contributed by atoms with Crippen LogP contribution in [0.4, 0.5) is 11.4 Å². The molecule has 0 amide bonds. The minimum Gasteiger partial charge on any atom is -0.333 e. The molecule has 0 saturated carbocycles. The van der Waals surface area contributed by atoms with Gasteiger partial charge >= 0.3 is 5.82 Å². The molecule has 3 aromatic rings. The van der Waals surface area contributed by atoms with Crippen LogP contribution in [0.25, 0.3) is 0 Å². The number of benzene rings is 2. The summed E-state index contributed by atoms with van der Waals surface area (Å²) in [6, 6.07) is 17.4. The Kier molecular flexibility index (Phi) is 7.40. The quantitative estimate of drug-likeness (QED) is 0.244. The highest BCUT2D eigenvalue weighted by Gasteiger charge is 2.29. The summed E-state index contributed by atoms with van der Waals surface area (Å²) in [5, 5.41) is 3.67. The normalized spacial score (nSPS) is 12.8. The molecule has 3 rings (SSSR count). The molecular weight excluding hydrogens is 416 g/mol. The lowest BCUT2D eigenvalue weighted by atomic mass is 9.87. The van der Waals surface area contributed by atoms with Gasteiger partial charge in [0, 0.05) is 19.5 Å². The second-order valence-corrected chi connectivity index (χ2v) is 11.2.